The molecule has 0 fully saturated rings. The lowest BCUT2D eigenvalue weighted by atomic mass is 10.1. The summed E-state index contributed by atoms with van der Waals surface area (Å²) in [7, 11) is 1.64. The van der Waals surface area contributed by atoms with Gasteiger partial charge in [-0.1, -0.05) is 31.4 Å². The van der Waals surface area contributed by atoms with Crippen LogP contribution in [0.3, 0.4) is 0 Å². The maximum atomic E-state index is 5.59. The van der Waals surface area contributed by atoms with E-state index in [9.17, 15) is 0 Å². The summed E-state index contributed by atoms with van der Waals surface area (Å²) in [6, 6.07) is 3.73. The van der Waals surface area contributed by atoms with Crippen LogP contribution in [0, 0.1) is 0 Å². The van der Waals surface area contributed by atoms with E-state index in [1.807, 2.05) is 26.0 Å². The number of rotatable bonds is 3. The Labute approximate surface area is 121 Å². The van der Waals surface area contributed by atoms with Crippen LogP contribution in [0.2, 0.25) is 0 Å². The molecule has 1 heterocycles. The quantitative estimate of drug-likeness (QED) is 0.771. The Morgan fingerprint density at radius 1 is 1.20 bits per heavy atom. The maximum absolute atomic E-state index is 5.59. The van der Waals surface area contributed by atoms with Crippen molar-refractivity contribution in [1.29, 1.82) is 0 Å². The Hall–Kier alpha value is -2.16. The molecule has 1 aliphatic rings. The number of ether oxygens (including phenoxy) is 3. The predicted molar refractivity (Wildman–Crippen MR) is 83.7 cm³/mol. The molecular formula is C17H22O3. The van der Waals surface area contributed by atoms with Gasteiger partial charge in [-0.05, 0) is 31.6 Å². The normalized spacial score (nSPS) is 11.8. The van der Waals surface area contributed by atoms with Crippen LogP contribution >= 0.6 is 0 Å². The van der Waals surface area contributed by atoms with Crippen molar-refractivity contribution in [1.82, 2.24) is 0 Å². The van der Waals surface area contributed by atoms with Gasteiger partial charge >= 0.3 is 0 Å². The van der Waals surface area contributed by atoms with E-state index in [2.05, 4.69) is 19.7 Å². The lowest BCUT2D eigenvalue weighted by molar-refractivity contribution is 0.170. The molecule has 1 aliphatic heterocycles. The largest absolute Gasteiger partial charge is 0.496 e. The number of hydrogen-bond donors (Lipinski definition) is 0. The van der Waals surface area contributed by atoms with Crippen molar-refractivity contribution in [2.75, 3.05) is 20.3 Å². The number of fused-ring (bicyclic) bond motifs is 1. The van der Waals surface area contributed by atoms with Crippen LogP contribution < -0.4 is 14.2 Å². The average molecular weight is 274 g/mol. The molecule has 0 N–H and O–H groups in total. The highest BCUT2D eigenvalue weighted by atomic mass is 16.6. The van der Waals surface area contributed by atoms with E-state index in [1.165, 1.54) is 0 Å². The maximum Gasteiger partial charge on any atom is 0.172 e. The zero-order valence-electron chi connectivity index (χ0n) is 12.5. The summed E-state index contributed by atoms with van der Waals surface area (Å²) < 4.78 is 16.4. The zero-order chi connectivity index (χ0) is 15.1. The number of allylic oxidation sites excluding steroid dienone is 3. The molecule has 1 aromatic rings. The molecular weight excluding hydrogens is 252 g/mol. The lowest BCUT2D eigenvalue weighted by Gasteiger charge is -2.22. The molecule has 0 amide bonds. The van der Waals surface area contributed by atoms with Crippen molar-refractivity contribution in [3.05, 3.63) is 49.1 Å². The molecule has 0 aliphatic carbocycles. The van der Waals surface area contributed by atoms with Gasteiger partial charge in [-0.2, -0.15) is 0 Å². The minimum atomic E-state index is 0.570. The highest BCUT2D eigenvalue weighted by Gasteiger charge is 2.20. The Kier molecular flexibility index (Phi) is 5.91. The predicted octanol–water partition coefficient (Wildman–Crippen LogP) is 4.25. The molecule has 3 nitrogen and oxygen atoms in total. The molecule has 0 spiro atoms. The van der Waals surface area contributed by atoms with Crippen molar-refractivity contribution < 1.29 is 14.2 Å². The Balaban J connectivity index is 0.000000347. The lowest BCUT2D eigenvalue weighted by Crippen LogP contribution is -2.16. The standard InChI is InChI=1S/C12H14O3.C5H8/c1-8(2)11-9(13-3)4-5-10-12(11)15-7-6-14-10;1-4-5(2)3/h4-5H,1,6-7H2,2-3H3;4H,1-2H2,3H3. The van der Waals surface area contributed by atoms with E-state index in [4.69, 9.17) is 14.2 Å². The van der Waals surface area contributed by atoms with E-state index >= 15 is 0 Å². The van der Waals surface area contributed by atoms with Crippen LogP contribution in [-0.2, 0) is 0 Å². The van der Waals surface area contributed by atoms with Crippen molar-refractivity contribution >= 4 is 5.57 Å². The van der Waals surface area contributed by atoms with Gasteiger partial charge in [0, 0.05) is 0 Å². The van der Waals surface area contributed by atoms with Gasteiger partial charge in [-0.15, -0.1) is 0 Å². The zero-order valence-corrected chi connectivity index (χ0v) is 12.5. The molecule has 0 atom stereocenters. The summed E-state index contributed by atoms with van der Waals surface area (Å²) in [6.45, 7) is 15.9. The van der Waals surface area contributed by atoms with Crippen LogP contribution in [0.25, 0.3) is 5.57 Å². The highest BCUT2D eigenvalue weighted by Crippen LogP contribution is 2.42. The molecule has 2 rings (SSSR count). The van der Waals surface area contributed by atoms with E-state index in [-0.39, 0.29) is 0 Å². The van der Waals surface area contributed by atoms with Crippen molar-refractivity contribution in [2.24, 2.45) is 0 Å². The molecule has 108 valence electrons. The van der Waals surface area contributed by atoms with Crippen molar-refractivity contribution in [3.63, 3.8) is 0 Å². The molecule has 0 unspecified atom stereocenters. The van der Waals surface area contributed by atoms with Crippen molar-refractivity contribution in [3.8, 4) is 17.2 Å². The van der Waals surface area contributed by atoms with Gasteiger partial charge in [-0.3, -0.25) is 0 Å². The van der Waals surface area contributed by atoms with Gasteiger partial charge in [0.2, 0.25) is 0 Å². The third-order valence-corrected chi connectivity index (χ3v) is 2.67. The molecule has 1 aromatic carbocycles. The fourth-order valence-electron chi connectivity index (χ4n) is 1.67. The van der Waals surface area contributed by atoms with Crippen LogP contribution in [-0.4, -0.2) is 20.3 Å². The number of methoxy groups -OCH3 is 1. The minimum absolute atomic E-state index is 0.570. The van der Waals surface area contributed by atoms with Gasteiger partial charge in [0.25, 0.3) is 0 Å². The second kappa shape index (κ2) is 7.43. The Morgan fingerprint density at radius 2 is 1.80 bits per heavy atom. The first-order chi connectivity index (χ1) is 9.51. The van der Waals surface area contributed by atoms with Gasteiger partial charge in [0.1, 0.15) is 19.0 Å². The first-order valence-corrected chi connectivity index (χ1v) is 6.41. The summed E-state index contributed by atoms with van der Waals surface area (Å²) in [5.74, 6) is 2.28. The summed E-state index contributed by atoms with van der Waals surface area (Å²) in [5, 5.41) is 0. The van der Waals surface area contributed by atoms with Gasteiger partial charge in [-0.25, -0.2) is 0 Å². The molecule has 0 radical (unpaired) electrons. The Bertz CT molecular complexity index is 515. The van der Waals surface area contributed by atoms with E-state index in [1.54, 1.807) is 13.2 Å². The van der Waals surface area contributed by atoms with Crippen LogP contribution in [0.1, 0.15) is 19.4 Å². The van der Waals surface area contributed by atoms with Gasteiger partial charge < -0.3 is 14.2 Å². The SMILES string of the molecule is C=C(C)c1c(OC)ccc2c1OCCO2.C=CC(=C)C. The summed E-state index contributed by atoms with van der Waals surface area (Å²) in [4.78, 5) is 0. The molecule has 0 bridgehead atoms. The van der Waals surface area contributed by atoms with E-state index < -0.39 is 0 Å². The monoisotopic (exact) mass is 274 g/mol. The minimum Gasteiger partial charge on any atom is -0.496 e. The smallest absolute Gasteiger partial charge is 0.172 e. The molecule has 0 saturated heterocycles. The third kappa shape index (κ3) is 3.92. The van der Waals surface area contributed by atoms with Gasteiger partial charge in [0.05, 0.1) is 12.7 Å². The summed E-state index contributed by atoms with van der Waals surface area (Å²) in [6.07, 6.45) is 1.72. The van der Waals surface area contributed by atoms with Crippen LogP contribution in [0.5, 0.6) is 17.2 Å². The molecule has 0 saturated carbocycles. The van der Waals surface area contributed by atoms with Crippen LogP contribution in [0.4, 0.5) is 0 Å². The Morgan fingerprint density at radius 3 is 2.30 bits per heavy atom. The topological polar surface area (TPSA) is 27.7 Å². The fourth-order valence-corrected chi connectivity index (χ4v) is 1.67. The first-order valence-electron chi connectivity index (χ1n) is 6.41. The highest BCUT2D eigenvalue weighted by molar-refractivity contribution is 5.75. The molecule has 20 heavy (non-hydrogen) atoms. The summed E-state index contributed by atoms with van der Waals surface area (Å²) in [5.41, 5.74) is 2.83. The summed E-state index contributed by atoms with van der Waals surface area (Å²) >= 11 is 0. The number of benzene rings is 1. The fraction of sp³-hybridized carbons (Fsp3) is 0.294. The van der Waals surface area contributed by atoms with Crippen LogP contribution in [0.15, 0.2) is 43.5 Å². The second-order valence-corrected chi connectivity index (χ2v) is 4.50. The van der Waals surface area contributed by atoms with E-state index in [0.717, 1.165) is 34.0 Å². The third-order valence-electron chi connectivity index (χ3n) is 2.67. The second-order valence-electron chi connectivity index (χ2n) is 4.50. The van der Waals surface area contributed by atoms with E-state index in [0.29, 0.717) is 13.2 Å². The van der Waals surface area contributed by atoms with Crippen molar-refractivity contribution in [2.45, 2.75) is 13.8 Å². The molecule has 3 heteroatoms. The van der Waals surface area contributed by atoms with Gasteiger partial charge in [0.15, 0.2) is 11.5 Å². The average Bonchev–Trinajstić information content (AvgIpc) is 2.46. The first kappa shape index (κ1) is 15.9. The number of hydrogen-bond acceptors (Lipinski definition) is 3. The molecule has 0 aromatic heterocycles.